The van der Waals surface area contributed by atoms with E-state index in [9.17, 15) is 13.6 Å². The summed E-state index contributed by atoms with van der Waals surface area (Å²) in [5.41, 5.74) is 2.35. The maximum Gasteiger partial charge on any atom is 0.269 e. The van der Waals surface area contributed by atoms with Crippen LogP contribution in [0.5, 0.6) is 0 Å². The molecule has 5 rings (SSSR count). The van der Waals surface area contributed by atoms with Gasteiger partial charge in [0, 0.05) is 22.0 Å². The highest BCUT2D eigenvalue weighted by Gasteiger charge is 2.26. The molecular weight excluding hydrogens is 472 g/mol. The monoisotopic (exact) mass is 484 g/mol. The fourth-order valence-electron chi connectivity index (χ4n) is 3.42. The number of rotatable bonds is 3. The van der Waals surface area contributed by atoms with E-state index >= 15 is 0 Å². The van der Waals surface area contributed by atoms with Crippen LogP contribution in [0.2, 0.25) is 0 Å². The van der Waals surface area contributed by atoms with Crippen molar-refractivity contribution in [3.05, 3.63) is 76.4 Å². The molecule has 0 radical (unpaired) electrons. The van der Waals surface area contributed by atoms with Crippen LogP contribution in [0.1, 0.15) is 0 Å². The number of hydrogen-bond acceptors (Lipinski definition) is 6. The standard InChI is InChI=1S/C20H13BrN4O4S/c21-12-5-10-18-15(11-12)19-20(23-17-4-2-1-3-16(17)22-19)24(18)30(28,29)14-8-6-13(7-9-14)25(26)27/h1-11,25-26H. The Labute approximate surface area is 178 Å². The largest absolute Gasteiger partial charge is 0.595 e. The van der Waals surface area contributed by atoms with Gasteiger partial charge in [-0.2, -0.15) is 5.23 Å². The molecule has 8 nitrogen and oxygen atoms in total. The number of nitrogens with zero attached hydrogens (tertiary/aromatic N) is 3. The molecule has 0 amide bonds. The topological polar surface area (TPSA) is 113 Å². The van der Waals surface area contributed by atoms with E-state index in [-0.39, 0.29) is 16.2 Å². The van der Waals surface area contributed by atoms with Crippen molar-refractivity contribution in [3.63, 3.8) is 0 Å². The minimum absolute atomic E-state index is 0.00545. The Balaban J connectivity index is 1.87. The third-order valence-corrected chi connectivity index (χ3v) is 7.03. The predicted octanol–water partition coefficient (Wildman–Crippen LogP) is 3.14. The lowest BCUT2D eigenvalue weighted by molar-refractivity contribution is -0.991. The number of quaternary nitrogens is 1. The number of benzene rings is 3. The number of halogens is 1. The molecule has 150 valence electrons. The number of nitrogens with one attached hydrogen (secondary N) is 1. The van der Waals surface area contributed by atoms with Gasteiger partial charge in [0.1, 0.15) is 5.52 Å². The summed E-state index contributed by atoms with van der Waals surface area (Å²) in [4.78, 5) is 9.22. The molecule has 1 unspecified atom stereocenters. The van der Waals surface area contributed by atoms with E-state index in [0.29, 0.717) is 27.5 Å². The Hall–Kier alpha value is -2.89. The highest BCUT2D eigenvalue weighted by molar-refractivity contribution is 9.10. The van der Waals surface area contributed by atoms with Gasteiger partial charge in [-0.25, -0.2) is 27.6 Å². The van der Waals surface area contributed by atoms with E-state index in [1.54, 1.807) is 24.3 Å². The van der Waals surface area contributed by atoms with E-state index in [0.717, 1.165) is 4.47 Å². The first-order valence-electron chi connectivity index (χ1n) is 8.82. The molecular formula is C20H13BrN4O4S. The first-order chi connectivity index (χ1) is 14.4. The van der Waals surface area contributed by atoms with Gasteiger partial charge in [-0.3, -0.25) is 0 Å². The van der Waals surface area contributed by atoms with Crippen molar-refractivity contribution in [3.8, 4) is 0 Å². The molecule has 0 aliphatic rings. The van der Waals surface area contributed by atoms with Crippen LogP contribution in [0, 0.1) is 5.21 Å². The lowest BCUT2D eigenvalue weighted by Crippen LogP contribution is -2.99. The first kappa shape index (κ1) is 19.1. The molecule has 0 bridgehead atoms. The molecule has 0 spiro atoms. The molecule has 2 aromatic heterocycles. The second-order valence-corrected chi connectivity index (χ2v) is 9.35. The van der Waals surface area contributed by atoms with Crippen LogP contribution < -0.4 is 5.23 Å². The van der Waals surface area contributed by atoms with E-state index in [1.165, 1.54) is 28.2 Å². The zero-order chi connectivity index (χ0) is 21.0. The summed E-state index contributed by atoms with van der Waals surface area (Å²) >= 11 is 3.43. The molecule has 2 N–H and O–H groups in total. The molecule has 1 atom stereocenters. The third kappa shape index (κ3) is 2.89. The Morgan fingerprint density at radius 1 is 0.967 bits per heavy atom. The van der Waals surface area contributed by atoms with Crippen LogP contribution >= 0.6 is 15.9 Å². The summed E-state index contributed by atoms with van der Waals surface area (Å²) in [6.07, 6.45) is 0. The van der Waals surface area contributed by atoms with Gasteiger partial charge < -0.3 is 5.21 Å². The quantitative estimate of drug-likeness (QED) is 0.380. The fraction of sp³-hybridized carbons (Fsp3) is 0. The van der Waals surface area contributed by atoms with E-state index in [1.807, 2.05) is 18.2 Å². The van der Waals surface area contributed by atoms with Crippen LogP contribution in [0.15, 0.2) is 76.1 Å². The van der Waals surface area contributed by atoms with Crippen LogP contribution in [0.3, 0.4) is 0 Å². The molecule has 3 aromatic carbocycles. The van der Waals surface area contributed by atoms with Gasteiger partial charge >= 0.3 is 0 Å². The van der Waals surface area contributed by atoms with Crippen LogP contribution in [-0.2, 0) is 10.0 Å². The van der Waals surface area contributed by atoms with Crippen LogP contribution in [-0.4, -0.2) is 27.6 Å². The highest BCUT2D eigenvalue weighted by Crippen LogP contribution is 2.33. The maximum atomic E-state index is 13.6. The average Bonchev–Trinajstić information content (AvgIpc) is 3.05. The summed E-state index contributed by atoms with van der Waals surface area (Å²) in [5, 5.41) is 19.7. The summed E-state index contributed by atoms with van der Waals surface area (Å²) in [5.74, 6) is 0. The second kappa shape index (κ2) is 6.83. The lowest BCUT2D eigenvalue weighted by Gasteiger charge is -2.12. The van der Waals surface area contributed by atoms with Gasteiger partial charge in [-0.05, 0) is 42.5 Å². The van der Waals surface area contributed by atoms with Crippen molar-refractivity contribution < 1.29 is 18.9 Å². The zero-order valence-corrected chi connectivity index (χ0v) is 17.6. The highest BCUT2D eigenvalue weighted by atomic mass is 79.9. The van der Waals surface area contributed by atoms with Crippen LogP contribution in [0.25, 0.3) is 33.1 Å². The average molecular weight is 485 g/mol. The van der Waals surface area contributed by atoms with E-state index in [4.69, 9.17) is 5.21 Å². The number of aromatic nitrogens is 3. The van der Waals surface area contributed by atoms with Crippen molar-refractivity contribution in [1.82, 2.24) is 13.9 Å². The molecule has 30 heavy (non-hydrogen) atoms. The third-order valence-electron chi connectivity index (χ3n) is 4.82. The van der Waals surface area contributed by atoms with Crippen molar-refractivity contribution >= 4 is 64.7 Å². The van der Waals surface area contributed by atoms with E-state index < -0.39 is 15.2 Å². The van der Waals surface area contributed by atoms with Crippen molar-refractivity contribution in [1.29, 1.82) is 0 Å². The normalized spacial score (nSPS) is 13.3. The smallest absolute Gasteiger partial charge is 0.269 e. The molecule has 0 aliphatic heterocycles. The zero-order valence-electron chi connectivity index (χ0n) is 15.2. The molecule has 0 saturated heterocycles. The first-order valence-corrected chi connectivity index (χ1v) is 11.0. The maximum absolute atomic E-state index is 13.6. The molecule has 0 saturated carbocycles. The van der Waals surface area contributed by atoms with Gasteiger partial charge in [0.25, 0.3) is 10.0 Å². The molecule has 0 aliphatic carbocycles. The van der Waals surface area contributed by atoms with Gasteiger partial charge in [-0.15, -0.1) is 0 Å². The van der Waals surface area contributed by atoms with Crippen LogP contribution in [0.4, 0.5) is 5.69 Å². The Morgan fingerprint density at radius 3 is 2.30 bits per heavy atom. The molecule has 2 heterocycles. The number of para-hydroxylation sites is 2. The van der Waals surface area contributed by atoms with Crippen molar-refractivity contribution in [2.45, 2.75) is 4.90 Å². The minimum Gasteiger partial charge on any atom is -0.595 e. The van der Waals surface area contributed by atoms with Gasteiger partial charge in [-0.1, -0.05) is 28.1 Å². The van der Waals surface area contributed by atoms with Crippen molar-refractivity contribution in [2.75, 3.05) is 0 Å². The van der Waals surface area contributed by atoms with Gasteiger partial charge in [0.2, 0.25) is 0 Å². The Bertz CT molecular complexity index is 1550. The van der Waals surface area contributed by atoms with Gasteiger partial charge in [0.05, 0.1) is 21.4 Å². The fourth-order valence-corrected chi connectivity index (χ4v) is 5.25. The molecule has 5 aromatic rings. The Morgan fingerprint density at radius 2 is 1.63 bits per heavy atom. The van der Waals surface area contributed by atoms with Gasteiger partial charge in [0.15, 0.2) is 11.3 Å². The number of hydrogen-bond donors (Lipinski definition) is 2. The summed E-state index contributed by atoms with van der Waals surface area (Å²) < 4.78 is 29.1. The minimum atomic E-state index is -4.07. The lowest BCUT2D eigenvalue weighted by atomic mass is 10.2. The molecule has 10 heteroatoms. The van der Waals surface area contributed by atoms with E-state index in [2.05, 4.69) is 25.9 Å². The molecule has 0 fully saturated rings. The Kier molecular flexibility index (Phi) is 4.34. The summed E-state index contributed by atoms with van der Waals surface area (Å²) in [6, 6.07) is 17.6. The second-order valence-electron chi connectivity index (χ2n) is 6.64. The number of fused-ring (bicyclic) bond motifs is 4. The summed E-state index contributed by atoms with van der Waals surface area (Å²) in [6.45, 7) is 0. The predicted molar refractivity (Wildman–Crippen MR) is 115 cm³/mol. The summed E-state index contributed by atoms with van der Waals surface area (Å²) in [7, 11) is -4.07. The SMILES string of the molecule is O=S(=O)(c1ccc([NH+]([O-])O)cc1)n1c2ccc(Br)cc2c2nc3ccccc3nc21. The van der Waals surface area contributed by atoms with Crippen molar-refractivity contribution in [2.24, 2.45) is 0 Å².